The first-order valence-corrected chi connectivity index (χ1v) is 6.50. The number of aromatic amines is 1. The maximum atomic E-state index is 6.22. The average molecular weight is 264 g/mol. The molecule has 3 N–H and O–H groups in total. The highest BCUT2D eigenvalue weighted by Crippen LogP contribution is 2.28. The number of benzene rings is 1. The molecule has 1 heterocycles. The van der Waals surface area contributed by atoms with Crippen molar-refractivity contribution in [1.29, 1.82) is 0 Å². The number of hydrogen-bond donors (Lipinski definition) is 2. The van der Waals surface area contributed by atoms with Crippen molar-refractivity contribution in [3.05, 3.63) is 36.2 Å². The average Bonchev–Trinajstić information content (AvgIpc) is 2.91. The second-order valence-electron chi connectivity index (χ2n) is 3.91. The van der Waals surface area contributed by atoms with Crippen LogP contribution in [0.4, 0.5) is 0 Å². The molecule has 0 fully saturated rings. The van der Waals surface area contributed by atoms with Crippen LogP contribution < -0.4 is 10.5 Å². The third-order valence-corrected chi connectivity index (χ3v) is 3.78. The molecule has 2 atom stereocenters. The summed E-state index contributed by atoms with van der Waals surface area (Å²) < 4.78 is 5.13. The van der Waals surface area contributed by atoms with Gasteiger partial charge in [0.1, 0.15) is 12.1 Å². The largest absolute Gasteiger partial charge is 0.497 e. The number of nitrogens with one attached hydrogen (secondary N) is 1. The third kappa shape index (κ3) is 3.02. The van der Waals surface area contributed by atoms with Crippen molar-refractivity contribution in [2.24, 2.45) is 5.73 Å². The molecule has 0 spiro atoms. The zero-order valence-corrected chi connectivity index (χ0v) is 11.1. The monoisotopic (exact) mass is 264 g/mol. The van der Waals surface area contributed by atoms with Crippen LogP contribution in [0.5, 0.6) is 5.75 Å². The molecule has 0 amide bonds. The predicted molar refractivity (Wildman–Crippen MR) is 71.6 cm³/mol. The van der Waals surface area contributed by atoms with Crippen LogP contribution in [0.25, 0.3) is 0 Å². The van der Waals surface area contributed by atoms with E-state index in [1.165, 1.54) is 6.33 Å². The molecule has 0 aliphatic carbocycles. The molecule has 2 unspecified atom stereocenters. The van der Waals surface area contributed by atoms with Crippen LogP contribution >= 0.6 is 11.8 Å². The summed E-state index contributed by atoms with van der Waals surface area (Å²) in [5.74, 6) is 0.835. The Balaban J connectivity index is 2.02. The molecular formula is C12H16N4OS. The fourth-order valence-electron chi connectivity index (χ4n) is 1.60. The maximum Gasteiger partial charge on any atom is 0.183 e. The normalized spacial score (nSPS) is 14.2. The van der Waals surface area contributed by atoms with E-state index in [1.54, 1.807) is 18.9 Å². The Bertz CT molecular complexity index is 471. The third-order valence-electron chi connectivity index (χ3n) is 2.70. The summed E-state index contributed by atoms with van der Waals surface area (Å²) in [5.41, 5.74) is 7.30. The fourth-order valence-corrected chi connectivity index (χ4v) is 2.47. The lowest BCUT2D eigenvalue weighted by Gasteiger charge is -2.18. The highest BCUT2D eigenvalue weighted by molar-refractivity contribution is 7.99. The van der Waals surface area contributed by atoms with Crippen LogP contribution in [0.1, 0.15) is 18.5 Å². The first kappa shape index (κ1) is 12.9. The van der Waals surface area contributed by atoms with E-state index in [4.69, 9.17) is 10.5 Å². The van der Waals surface area contributed by atoms with Gasteiger partial charge in [-0.1, -0.05) is 30.8 Å². The van der Waals surface area contributed by atoms with Crippen LogP contribution in [0.3, 0.4) is 0 Å². The van der Waals surface area contributed by atoms with Crippen LogP contribution in [0, 0.1) is 0 Å². The molecule has 0 radical (unpaired) electrons. The second kappa shape index (κ2) is 5.88. The first-order valence-electron chi connectivity index (χ1n) is 5.62. The lowest BCUT2D eigenvalue weighted by atomic mass is 10.1. The lowest BCUT2D eigenvalue weighted by Crippen LogP contribution is -2.21. The maximum absolute atomic E-state index is 6.22. The second-order valence-corrected chi connectivity index (χ2v) is 5.28. The molecule has 0 bridgehead atoms. The topological polar surface area (TPSA) is 76.8 Å². The molecule has 0 aliphatic heterocycles. The molecule has 1 aromatic carbocycles. The van der Waals surface area contributed by atoms with E-state index in [0.717, 1.165) is 16.5 Å². The Morgan fingerprint density at radius 1 is 1.33 bits per heavy atom. The molecule has 2 rings (SSSR count). The number of ether oxygens (including phenoxy) is 1. The van der Waals surface area contributed by atoms with Crippen LogP contribution in [-0.4, -0.2) is 27.5 Å². The fraction of sp³-hybridized carbons (Fsp3) is 0.333. The zero-order chi connectivity index (χ0) is 13.0. The van der Waals surface area contributed by atoms with Gasteiger partial charge in [0, 0.05) is 11.3 Å². The number of rotatable bonds is 5. The molecule has 96 valence electrons. The van der Waals surface area contributed by atoms with E-state index in [9.17, 15) is 0 Å². The van der Waals surface area contributed by atoms with Crippen molar-refractivity contribution in [3.63, 3.8) is 0 Å². The number of methoxy groups -OCH3 is 1. The van der Waals surface area contributed by atoms with E-state index >= 15 is 0 Å². The van der Waals surface area contributed by atoms with Gasteiger partial charge in [0.25, 0.3) is 0 Å². The van der Waals surface area contributed by atoms with Gasteiger partial charge in [-0.3, -0.25) is 5.10 Å². The summed E-state index contributed by atoms with van der Waals surface area (Å²) in [6.07, 6.45) is 1.49. The molecule has 6 heteroatoms. The van der Waals surface area contributed by atoms with Crippen molar-refractivity contribution in [3.8, 4) is 5.75 Å². The van der Waals surface area contributed by atoms with Crippen LogP contribution in [-0.2, 0) is 0 Å². The van der Waals surface area contributed by atoms with Gasteiger partial charge in [0.05, 0.1) is 7.11 Å². The molecule has 5 nitrogen and oxygen atoms in total. The zero-order valence-electron chi connectivity index (χ0n) is 10.3. The number of hydrogen-bond acceptors (Lipinski definition) is 5. The first-order chi connectivity index (χ1) is 8.70. The van der Waals surface area contributed by atoms with E-state index in [-0.39, 0.29) is 11.3 Å². The van der Waals surface area contributed by atoms with Crippen molar-refractivity contribution < 1.29 is 4.74 Å². The summed E-state index contributed by atoms with van der Waals surface area (Å²) in [6, 6.07) is 7.75. The van der Waals surface area contributed by atoms with Gasteiger partial charge in [-0.15, -0.1) is 0 Å². The number of nitrogens with two attached hydrogens (primary N) is 1. The summed E-state index contributed by atoms with van der Waals surface area (Å²) in [5, 5.41) is 7.62. The predicted octanol–water partition coefficient (Wildman–Crippen LogP) is 1.99. The van der Waals surface area contributed by atoms with Gasteiger partial charge in [-0.2, -0.15) is 5.10 Å². The SMILES string of the molecule is COc1ccc(C(N)C(C)Sc2ncn[nH]2)cc1. The lowest BCUT2D eigenvalue weighted by molar-refractivity contribution is 0.414. The summed E-state index contributed by atoms with van der Waals surface area (Å²) >= 11 is 1.58. The molecule has 18 heavy (non-hydrogen) atoms. The van der Waals surface area contributed by atoms with Gasteiger partial charge in [0.2, 0.25) is 0 Å². The Hall–Kier alpha value is -1.53. The summed E-state index contributed by atoms with van der Waals surface area (Å²) in [6.45, 7) is 2.07. The van der Waals surface area contributed by atoms with Crippen LogP contribution in [0.2, 0.25) is 0 Å². The minimum atomic E-state index is -0.0639. The standard InChI is InChI=1S/C12H16N4OS/c1-8(18-12-14-7-15-16-12)11(13)9-3-5-10(17-2)6-4-9/h3-8,11H,13H2,1-2H3,(H,14,15,16). The van der Waals surface area contributed by atoms with E-state index in [1.807, 2.05) is 24.3 Å². The quantitative estimate of drug-likeness (QED) is 0.808. The molecule has 0 saturated carbocycles. The minimum absolute atomic E-state index is 0.0639. The van der Waals surface area contributed by atoms with Crippen molar-refractivity contribution in [2.45, 2.75) is 23.4 Å². The van der Waals surface area contributed by atoms with Crippen molar-refractivity contribution in [1.82, 2.24) is 15.2 Å². The van der Waals surface area contributed by atoms with Gasteiger partial charge in [0.15, 0.2) is 5.16 Å². The Kier molecular flexibility index (Phi) is 4.22. The Morgan fingerprint density at radius 3 is 2.61 bits per heavy atom. The number of nitrogens with zero attached hydrogens (tertiary/aromatic N) is 2. The number of thioether (sulfide) groups is 1. The highest BCUT2D eigenvalue weighted by atomic mass is 32.2. The van der Waals surface area contributed by atoms with E-state index < -0.39 is 0 Å². The molecule has 0 aliphatic rings. The molecule has 1 aromatic heterocycles. The van der Waals surface area contributed by atoms with Gasteiger partial charge in [-0.25, -0.2) is 4.98 Å². The Morgan fingerprint density at radius 2 is 2.06 bits per heavy atom. The van der Waals surface area contributed by atoms with E-state index in [0.29, 0.717) is 0 Å². The summed E-state index contributed by atoms with van der Waals surface area (Å²) in [4.78, 5) is 4.08. The molecule has 0 saturated heterocycles. The smallest absolute Gasteiger partial charge is 0.183 e. The minimum Gasteiger partial charge on any atom is -0.497 e. The summed E-state index contributed by atoms with van der Waals surface area (Å²) in [7, 11) is 1.65. The molecule has 2 aromatic rings. The van der Waals surface area contributed by atoms with Crippen molar-refractivity contribution in [2.75, 3.05) is 7.11 Å². The van der Waals surface area contributed by atoms with Gasteiger partial charge >= 0.3 is 0 Å². The van der Waals surface area contributed by atoms with Crippen molar-refractivity contribution >= 4 is 11.8 Å². The van der Waals surface area contributed by atoms with E-state index in [2.05, 4.69) is 22.1 Å². The molecular weight excluding hydrogens is 248 g/mol. The number of aromatic nitrogens is 3. The highest BCUT2D eigenvalue weighted by Gasteiger charge is 2.17. The van der Waals surface area contributed by atoms with Gasteiger partial charge < -0.3 is 10.5 Å². The number of H-pyrrole nitrogens is 1. The van der Waals surface area contributed by atoms with Crippen LogP contribution in [0.15, 0.2) is 35.7 Å². The van der Waals surface area contributed by atoms with Gasteiger partial charge in [-0.05, 0) is 17.7 Å². The Labute approximate surface area is 110 Å².